The molecule has 1 aliphatic carbocycles. The van der Waals surface area contributed by atoms with Gasteiger partial charge in [0, 0.05) is 29.2 Å². The van der Waals surface area contributed by atoms with Crippen LogP contribution in [0.3, 0.4) is 0 Å². The van der Waals surface area contributed by atoms with Gasteiger partial charge in [-0.25, -0.2) is 0 Å². The number of ether oxygens (including phenoxy) is 1. The molecule has 0 amide bonds. The number of nitrogens with zero attached hydrogens (tertiary/aromatic N) is 1. The Kier molecular flexibility index (Phi) is 9.02. The van der Waals surface area contributed by atoms with Crippen molar-refractivity contribution in [2.75, 3.05) is 12.4 Å². The van der Waals surface area contributed by atoms with Crippen LogP contribution >= 0.6 is 11.8 Å². The average molecular weight is 442 g/mol. The molecule has 0 radical (unpaired) electrons. The molecule has 1 N–H and O–H groups in total. The molecule has 1 aromatic rings. The molecule has 0 saturated heterocycles. The predicted molar refractivity (Wildman–Crippen MR) is 112 cm³/mol. The van der Waals surface area contributed by atoms with Crippen molar-refractivity contribution in [1.82, 2.24) is 0 Å². The molecule has 164 valence electrons. The van der Waals surface area contributed by atoms with Crippen LogP contribution in [0.1, 0.15) is 38.2 Å². The van der Waals surface area contributed by atoms with Gasteiger partial charge in [0.05, 0.1) is 11.8 Å². The van der Waals surface area contributed by atoms with E-state index in [1.165, 1.54) is 30.1 Å². The van der Waals surface area contributed by atoms with E-state index in [1.807, 2.05) is 6.92 Å². The Morgan fingerprint density at radius 1 is 1.33 bits per heavy atom. The zero-order chi connectivity index (χ0) is 22.1. The second-order valence-electron chi connectivity index (χ2n) is 7.07. The maximum Gasteiger partial charge on any atom is 0.416 e. The van der Waals surface area contributed by atoms with E-state index in [0.29, 0.717) is 36.3 Å². The van der Waals surface area contributed by atoms with Crippen molar-refractivity contribution in [1.29, 1.82) is 0 Å². The Morgan fingerprint density at radius 3 is 2.60 bits per heavy atom. The molecule has 2 unspecified atom stereocenters. The number of allylic oxidation sites excluding steroid dienone is 2. The summed E-state index contributed by atoms with van der Waals surface area (Å²) >= 11 is 1.47. The first kappa shape index (κ1) is 24.1. The van der Waals surface area contributed by atoms with Crippen LogP contribution in [0.5, 0.6) is 0 Å². The number of hydrogen-bond acceptors (Lipinski definition) is 5. The molecule has 1 aliphatic rings. The summed E-state index contributed by atoms with van der Waals surface area (Å²) in [7, 11) is 0. The lowest BCUT2D eigenvalue weighted by atomic mass is 9.80. The van der Waals surface area contributed by atoms with Crippen LogP contribution in [-0.2, 0) is 15.7 Å². The van der Waals surface area contributed by atoms with Crippen LogP contribution in [0.25, 0.3) is 0 Å². The van der Waals surface area contributed by atoms with Gasteiger partial charge >= 0.3 is 6.18 Å². The van der Waals surface area contributed by atoms with Crippen LogP contribution in [0, 0.1) is 11.8 Å². The Labute approximate surface area is 178 Å². The summed E-state index contributed by atoms with van der Waals surface area (Å²) < 4.78 is 43.7. The molecule has 0 fully saturated rings. The summed E-state index contributed by atoms with van der Waals surface area (Å²) in [5.41, 5.74) is -0.105. The number of carbonyl (C=O) groups excluding carboxylic acids is 1. The van der Waals surface area contributed by atoms with E-state index in [0.717, 1.165) is 23.4 Å². The van der Waals surface area contributed by atoms with Crippen molar-refractivity contribution < 1.29 is 27.9 Å². The van der Waals surface area contributed by atoms with Crippen molar-refractivity contribution in [2.45, 2.75) is 43.7 Å². The fourth-order valence-electron chi connectivity index (χ4n) is 3.43. The second kappa shape index (κ2) is 11.2. The predicted octanol–water partition coefficient (Wildman–Crippen LogP) is 6.11. The number of carbonyl (C=O) groups is 1. The van der Waals surface area contributed by atoms with E-state index < -0.39 is 11.7 Å². The summed E-state index contributed by atoms with van der Waals surface area (Å²) in [6, 6.07) is 5.10. The first-order valence-corrected chi connectivity index (χ1v) is 10.8. The summed E-state index contributed by atoms with van der Waals surface area (Å²) in [4.78, 5) is 13.6. The highest BCUT2D eigenvalue weighted by Crippen LogP contribution is 2.36. The lowest BCUT2D eigenvalue weighted by Crippen LogP contribution is -2.26. The fourth-order valence-corrected chi connectivity index (χ4v) is 4.45. The zero-order valence-electron chi connectivity index (χ0n) is 16.8. The topological polar surface area (TPSA) is 58.9 Å². The van der Waals surface area contributed by atoms with Gasteiger partial charge in [0.1, 0.15) is 12.4 Å². The molecule has 0 spiro atoms. The molecular formula is C22H26F3NO3S. The standard InChI is InChI=1S/C22H26F3NO3S/c1-3-10-29-20-13-15(12-19(27)21(20)16(4-2)14-26-28)9-11-30-18-7-5-17(6-8-18)22(23,24)25/h3,5-8,14-16,28H,1,4,9-13H2,2H3/b26-14+. The van der Waals surface area contributed by atoms with Crippen LogP contribution in [-0.4, -0.2) is 29.6 Å². The number of Topliss-reactive ketones (excluding diaryl/α,β-unsaturated/α-hetero) is 1. The van der Waals surface area contributed by atoms with Crippen molar-refractivity contribution in [2.24, 2.45) is 17.0 Å². The Balaban J connectivity index is 2.02. The summed E-state index contributed by atoms with van der Waals surface area (Å²) in [5.74, 6) is 1.07. The lowest BCUT2D eigenvalue weighted by Gasteiger charge is -2.28. The molecule has 4 nitrogen and oxygen atoms in total. The van der Waals surface area contributed by atoms with E-state index in [2.05, 4.69) is 11.7 Å². The minimum atomic E-state index is -4.34. The zero-order valence-corrected chi connectivity index (χ0v) is 17.6. The third-order valence-electron chi connectivity index (χ3n) is 4.96. The van der Waals surface area contributed by atoms with Crippen LogP contribution in [0.4, 0.5) is 13.2 Å². The maximum absolute atomic E-state index is 12.8. The molecule has 0 bridgehead atoms. The van der Waals surface area contributed by atoms with Crippen molar-refractivity contribution >= 4 is 23.8 Å². The second-order valence-corrected chi connectivity index (χ2v) is 8.24. The van der Waals surface area contributed by atoms with Crippen LogP contribution < -0.4 is 0 Å². The minimum absolute atomic E-state index is 0.0170. The first-order chi connectivity index (χ1) is 14.3. The van der Waals surface area contributed by atoms with Gasteiger partial charge in [-0.2, -0.15) is 13.2 Å². The summed E-state index contributed by atoms with van der Waals surface area (Å²) in [6.45, 7) is 5.83. The highest BCUT2D eigenvalue weighted by atomic mass is 32.2. The molecule has 30 heavy (non-hydrogen) atoms. The number of ketones is 1. The van der Waals surface area contributed by atoms with Crippen molar-refractivity contribution in [3.05, 3.63) is 53.8 Å². The molecule has 1 aromatic carbocycles. The number of oxime groups is 1. The van der Waals surface area contributed by atoms with Gasteiger partial charge in [0.25, 0.3) is 0 Å². The molecule has 8 heteroatoms. The molecule has 2 atom stereocenters. The third kappa shape index (κ3) is 6.65. The highest BCUT2D eigenvalue weighted by molar-refractivity contribution is 7.99. The fraction of sp³-hybridized carbons (Fsp3) is 0.455. The Bertz CT molecular complexity index is 788. The molecule has 0 heterocycles. The first-order valence-electron chi connectivity index (χ1n) is 9.77. The minimum Gasteiger partial charge on any atom is -0.493 e. The van der Waals surface area contributed by atoms with Gasteiger partial charge in [-0.05, 0) is 48.8 Å². The van der Waals surface area contributed by atoms with Gasteiger partial charge in [0.2, 0.25) is 0 Å². The number of thioether (sulfide) groups is 1. The quantitative estimate of drug-likeness (QED) is 0.156. The molecule has 0 saturated carbocycles. The summed E-state index contributed by atoms with van der Waals surface area (Å²) in [5, 5.41) is 12.0. The van der Waals surface area contributed by atoms with Crippen LogP contribution in [0.2, 0.25) is 0 Å². The summed E-state index contributed by atoms with van der Waals surface area (Å²) in [6.07, 6.45) is 0.940. The maximum atomic E-state index is 12.8. The SMILES string of the molecule is C=CCOC1=C(C(/C=N/O)CC)C(=O)CC(CCSc2ccc(C(F)(F)F)cc2)C1. The number of rotatable bonds is 10. The monoisotopic (exact) mass is 441 g/mol. The van der Waals surface area contributed by atoms with Gasteiger partial charge < -0.3 is 9.94 Å². The number of halogens is 3. The Hall–Kier alpha value is -2.22. The lowest BCUT2D eigenvalue weighted by molar-refractivity contribution is -0.137. The average Bonchev–Trinajstić information content (AvgIpc) is 2.70. The molecule has 0 aromatic heterocycles. The molecule has 0 aliphatic heterocycles. The number of alkyl halides is 3. The molecule has 2 rings (SSSR count). The van der Waals surface area contributed by atoms with Crippen LogP contribution in [0.15, 0.2) is 58.3 Å². The van der Waals surface area contributed by atoms with E-state index >= 15 is 0 Å². The van der Waals surface area contributed by atoms with Gasteiger partial charge in [-0.3, -0.25) is 4.79 Å². The van der Waals surface area contributed by atoms with E-state index in [1.54, 1.807) is 6.08 Å². The smallest absolute Gasteiger partial charge is 0.416 e. The number of hydrogen-bond donors (Lipinski definition) is 1. The van der Waals surface area contributed by atoms with Crippen molar-refractivity contribution in [3.63, 3.8) is 0 Å². The van der Waals surface area contributed by atoms with Gasteiger partial charge in [0.15, 0.2) is 5.78 Å². The van der Waals surface area contributed by atoms with E-state index in [4.69, 9.17) is 9.94 Å². The van der Waals surface area contributed by atoms with E-state index in [9.17, 15) is 18.0 Å². The highest BCUT2D eigenvalue weighted by Gasteiger charge is 2.32. The third-order valence-corrected chi connectivity index (χ3v) is 6.00. The number of benzene rings is 1. The normalized spacial score (nSPS) is 18.7. The Morgan fingerprint density at radius 2 is 2.03 bits per heavy atom. The van der Waals surface area contributed by atoms with Gasteiger partial charge in [-0.1, -0.05) is 19.6 Å². The largest absolute Gasteiger partial charge is 0.493 e. The van der Waals surface area contributed by atoms with Crippen molar-refractivity contribution in [3.8, 4) is 0 Å². The van der Waals surface area contributed by atoms with E-state index in [-0.39, 0.29) is 24.2 Å². The molecular weight excluding hydrogens is 415 g/mol. The van der Waals surface area contributed by atoms with Gasteiger partial charge in [-0.15, -0.1) is 16.9 Å².